The molecule has 0 aliphatic rings. The van der Waals surface area contributed by atoms with Crippen molar-refractivity contribution in [2.45, 2.75) is 17.9 Å². The normalized spacial score (nSPS) is 11.7. The lowest BCUT2D eigenvalue weighted by Gasteiger charge is -2.12. The van der Waals surface area contributed by atoms with Crippen molar-refractivity contribution in [2.24, 2.45) is 0 Å². The Kier molecular flexibility index (Phi) is 5.96. The van der Waals surface area contributed by atoms with Crippen molar-refractivity contribution >= 4 is 45.3 Å². The first kappa shape index (κ1) is 16.4. The van der Waals surface area contributed by atoms with Crippen LogP contribution in [0.4, 0.5) is 5.69 Å². The Morgan fingerprint density at radius 3 is 2.70 bits per heavy atom. The zero-order valence-electron chi connectivity index (χ0n) is 10.3. The van der Waals surface area contributed by atoms with Crippen LogP contribution >= 0.6 is 27.7 Å². The third-order valence-corrected chi connectivity index (χ3v) is 3.83. The van der Waals surface area contributed by atoms with Crippen LogP contribution in [-0.2, 0) is 9.59 Å². The van der Waals surface area contributed by atoms with E-state index in [2.05, 4.69) is 21.2 Å². The topological polar surface area (TPSA) is 110 Å². The fraction of sp³-hybridized carbons (Fsp3) is 0.273. The molecule has 0 spiro atoms. The molecule has 0 aromatic heterocycles. The number of amides is 1. The van der Waals surface area contributed by atoms with Gasteiger partial charge in [-0.3, -0.25) is 14.9 Å². The van der Waals surface area contributed by atoms with Crippen LogP contribution in [0.5, 0.6) is 0 Å². The highest BCUT2D eigenvalue weighted by Crippen LogP contribution is 2.32. The van der Waals surface area contributed by atoms with Crippen LogP contribution in [-0.4, -0.2) is 33.7 Å². The number of hydrogen-bond acceptors (Lipinski definition) is 5. The second-order valence-electron chi connectivity index (χ2n) is 3.77. The van der Waals surface area contributed by atoms with Crippen molar-refractivity contribution in [2.75, 3.05) is 5.75 Å². The zero-order valence-corrected chi connectivity index (χ0v) is 12.7. The number of benzene rings is 1. The summed E-state index contributed by atoms with van der Waals surface area (Å²) in [5, 5.41) is 22.1. The molecule has 0 fully saturated rings. The van der Waals surface area contributed by atoms with Crippen LogP contribution < -0.4 is 5.32 Å². The van der Waals surface area contributed by atoms with Crippen LogP contribution in [0, 0.1) is 10.1 Å². The van der Waals surface area contributed by atoms with Gasteiger partial charge in [0.1, 0.15) is 6.04 Å². The van der Waals surface area contributed by atoms with Gasteiger partial charge < -0.3 is 10.4 Å². The number of nitrogens with one attached hydrogen (secondary N) is 1. The molecule has 108 valence electrons. The van der Waals surface area contributed by atoms with E-state index in [-0.39, 0.29) is 11.4 Å². The largest absolute Gasteiger partial charge is 0.480 e. The summed E-state index contributed by atoms with van der Waals surface area (Å²) in [5.41, 5.74) is -0.106. The van der Waals surface area contributed by atoms with E-state index in [4.69, 9.17) is 5.11 Å². The van der Waals surface area contributed by atoms with Crippen molar-refractivity contribution < 1.29 is 19.6 Å². The van der Waals surface area contributed by atoms with Gasteiger partial charge in [-0.15, -0.1) is 11.8 Å². The molecule has 9 heteroatoms. The highest BCUT2D eigenvalue weighted by atomic mass is 79.9. The predicted octanol–water partition coefficient (Wildman–Crippen LogP) is 2.04. The van der Waals surface area contributed by atoms with Gasteiger partial charge in [0.05, 0.1) is 9.82 Å². The summed E-state index contributed by atoms with van der Waals surface area (Å²) < 4.78 is 0.650. The molecule has 7 nitrogen and oxygen atoms in total. The van der Waals surface area contributed by atoms with Gasteiger partial charge in [0, 0.05) is 23.2 Å². The van der Waals surface area contributed by atoms with Gasteiger partial charge in [0.15, 0.2) is 0 Å². The summed E-state index contributed by atoms with van der Waals surface area (Å²) >= 11 is 4.20. The van der Waals surface area contributed by atoms with Crippen LogP contribution in [0.25, 0.3) is 0 Å². The van der Waals surface area contributed by atoms with E-state index in [1.54, 1.807) is 0 Å². The molecule has 1 rings (SSSR count). The lowest BCUT2D eigenvalue weighted by Crippen LogP contribution is -2.41. The number of aliphatic carboxylic acids is 1. The molecule has 0 saturated carbocycles. The van der Waals surface area contributed by atoms with Crippen molar-refractivity contribution in [3.63, 3.8) is 0 Å². The Bertz CT molecular complexity index is 552. The number of carbonyl (C=O) groups excluding carboxylic acids is 1. The molecule has 2 N–H and O–H groups in total. The van der Waals surface area contributed by atoms with Gasteiger partial charge in [-0.05, 0) is 12.1 Å². The molecule has 0 unspecified atom stereocenters. The minimum atomic E-state index is -1.19. The summed E-state index contributed by atoms with van der Waals surface area (Å²) in [7, 11) is 0. The summed E-state index contributed by atoms with van der Waals surface area (Å²) in [4.78, 5) is 32.5. The Morgan fingerprint density at radius 1 is 1.55 bits per heavy atom. The maximum absolute atomic E-state index is 11.0. The number of nitro groups is 1. The lowest BCUT2D eigenvalue weighted by molar-refractivity contribution is -0.387. The number of hydrogen-bond donors (Lipinski definition) is 2. The molecule has 0 bridgehead atoms. The second kappa shape index (κ2) is 7.25. The minimum Gasteiger partial charge on any atom is -0.480 e. The second-order valence-corrected chi connectivity index (χ2v) is 5.75. The van der Waals surface area contributed by atoms with Gasteiger partial charge >= 0.3 is 5.97 Å². The molecule has 20 heavy (non-hydrogen) atoms. The van der Waals surface area contributed by atoms with E-state index in [1.165, 1.54) is 25.1 Å². The molecule has 0 aliphatic carbocycles. The average molecular weight is 363 g/mol. The molecule has 0 radical (unpaired) electrons. The van der Waals surface area contributed by atoms with E-state index in [0.29, 0.717) is 9.37 Å². The fourth-order valence-electron chi connectivity index (χ4n) is 1.35. The van der Waals surface area contributed by atoms with Crippen LogP contribution in [0.2, 0.25) is 0 Å². The number of carbonyl (C=O) groups is 2. The monoisotopic (exact) mass is 362 g/mol. The smallest absolute Gasteiger partial charge is 0.327 e. The third kappa shape index (κ3) is 4.82. The Morgan fingerprint density at radius 2 is 2.20 bits per heavy atom. The fourth-order valence-corrected chi connectivity index (χ4v) is 2.93. The number of nitrogens with zero attached hydrogens (tertiary/aromatic N) is 1. The third-order valence-electron chi connectivity index (χ3n) is 2.20. The van der Waals surface area contributed by atoms with Crippen molar-refractivity contribution in [1.82, 2.24) is 5.32 Å². The molecule has 1 aromatic carbocycles. The maximum atomic E-state index is 11.0. The first-order valence-electron chi connectivity index (χ1n) is 5.38. The number of thioether (sulfide) groups is 1. The highest BCUT2D eigenvalue weighted by molar-refractivity contribution is 9.10. The van der Waals surface area contributed by atoms with E-state index < -0.39 is 22.8 Å². The highest BCUT2D eigenvalue weighted by Gasteiger charge is 2.21. The first-order chi connectivity index (χ1) is 9.31. The van der Waals surface area contributed by atoms with E-state index in [1.807, 2.05) is 0 Å². The van der Waals surface area contributed by atoms with Crippen molar-refractivity contribution in [3.05, 3.63) is 32.8 Å². The minimum absolute atomic E-state index is 0.00773. The molecule has 1 aromatic rings. The molecular weight excluding hydrogens is 352 g/mol. The van der Waals surface area contributed by atoms with Crippen LogP contribution in [0.1, 0.15) is 6.92 Å². The molecule has 1 atom stereocenters. The number of carboxylic acids is 1. The predicted molar refractivity (Wildman–Crippen MR) is 76.8 cm³/mol. The Hall–Kier alpha value is -1.61. The Balaban J connectivity index is 2.87. The van der Waals surface area contributed by atoms with E-state index in [9.17, 15) is 19.7 Å². The maximum Gasteiger partial charge on any atom is 0.327 e. The van der Waals surface area contributed by atoms with Crippen molar-refractivity contribution in [1.29, 1.82) is 0 Å². The van der Waals surface area contributed by atoms with Crippen LogP contribution in [0.3, 0.4) is 0 Å². The molecule has 1 amide bonds. The van der Waals surface area contributed by atoms with Crippen LogP contribution in [0.15, 0.2) is 27.6 Å². The number of carboxylic acid groups (broad SMARTS) is 1. The molecule has 0 aliphatic heterocycles. The Labute approximate surface area is 127 Å². The SMILES string of the molecule is CC(=O)N[C@@H](CSc1cc(Br)ccc1[N+](=O)[O-])C(=O)O. The summed E-state index contributed by atoms with van der Waals surface area (Å²) in [6.45, 7) is 1.21. The van der Waals surface area contributed by atoms with E-state index in [0.717, 1.165) is 11.8 Å². The lowest BCUT2D eigenvalue weighted by atomic mass is 10.3. The first-order valence-corrected chi connectivity index (χ1v) is 7.15. The summed E-state index contributed by atoms with van der Waals surface area (Å²) in [6, 6.07) is 3.30. The molecule has 0 heterocycles. The molecular formula is C11H11BrN2O5S. The number of halogens is 1. The average Bonchev–Trinajstić information content (AvgIpc) is 2.33. The van der Waals surface area contributed by atoms with Gasteiger partial charge in [0.2, 0.25) is 5.91 Å². The zero-order chi connectivity index (χ0) is 15.3. The quantitative estimate of drug-likeness (QED) is 0.455. The number of rotatable bonds is 6. The standard InChI is InChI=1S/C11H11BrN2O5S/c1-6(15)13-8(11(16)17)5-20-10-4-7(12)2-3-9(10)14(18)19/h2-4,8H,5H2,1H3,(H,13,15)(H,16,17)/t8-/m0/s1. The summed E-state index contributed by atoms with van der Waals surface area (Å²) in [5.74, 6) is -1.67. The van der Waals surface area contributed by atoms with Gasteiger partial charge in [-0.2, -0.15) is 0 Å². The number of nitro benzene ring substituents is 1. The summed E-state index contributed by atoms with van der Waals surface area (Å²) in [6.07, 6.45) is 0. The van der Waals surface area contributed by atoms with Gasteiger partial charge in [-0.1, -0.05) is 15.9 Å². The molecule has 0 saturated heterocycles. The van der Waals surface area contributed by atoms with Crippen molar-refractivity contribution in [3.8, 4) is 0 Å². The van der Waals surface area contributed by atoms with Gasteiger partial charge in [-0.25, -0.2) is 4.79 Å². The van der Waals surface area contributed by atoms with Gasteiger partial charge in [0.25, 0.3) is 5.69 Å². The van der Waals surface area contributed by atoms with E-state index >= 15 is 0 Å².